The van der Waals surface area contributed by atoms with E-state index in [0.29, 0.717) is 11.8 Å². The number of ether oxygens (including phenoxy) is 1. The number of hydrogen-bond acceptors (Lipinski definition) is 2. The van der Waals surface area contributed by atoms with Crippen LogP contribution in [0.25, 0.3) is 0 Å². The molecule has 3 nitrogen and oxygen atoms in total. The van der Waals surface area contributed by atoms with Crippen molar-refractivity contribution in [2.24, 2.45) is 17.8 Å². The van der Waals surface area contributed by atoms with Crippen molar-refractivity contribution in [3.05, 3.63) is 0 Å². The molecule has 0 amide bonds. The van der Waals surface area contributed by atoms with Gasteiger partial charge in [0.1, 0.15) is 0 Å². The van der Waals surface area contributed by atoms with Crippen molar-refractivity contribution in [2.75, 3.05) is 6.61 Å². The highest BCUT2D eigenvalue weighted by atomic mass is 16.5. The Balaban J connectivity index is 1.73. The molecule has 3 aliphatic rings. The molecule has 1 aliphatic heterocycles. The van der Waals surface area contributed by atoms with E-state index in [4.69, 9.17) is 4.74 Å². The maximum atomic E-state index is 11.6. The zero-order valence-electron chi connectivity index (χ0n) is 12.5. The van der Waals surface area contributed by atoms with Gasteiger partial charge >= 0.3 is 5.97 Å². The third-order valence-electron chi connectivity index (χ3n) is 6.04. The summed E-state index contributed by atoms with van der Waals surface area (Å²) < 4.78 is 6.13. The van der Waals surface area contributed by atoms with Crippen LogP contribution in [0.5, 0.6) is 0 Å². The smallest absolute Gasteiger partial charge is 0.306 e. The molecule has 0 radical (unpaired) electrons. The van der Waals surface area contributed by atoms with E-state index in [1.165, 1.54) is 38.5 Å². The third kappa shape index (κ3) is 2.88. The molecule has 2 aliphatic carbocycles. The zero-order chi connectivity index (χ0) is 14.0. The third-order valence-corrected chi connectivity index (χ3v) is 6.04. The van der Waals surface area contributed by atoms with Crippen LogP contribution in [0.3, 0.4) is 0 Å². The van der Waals surface area contributed by atoms with Gasteiger partial charge < -0.3 is 9.84 Å². The van der Waals surface area contributed by atoms with Crippen LogP contribution < -0.4 is 0 Å². The molecule has 2 saturated carbocycles. The Morgan fingerprint density at radius 1 is 1.00 bits per heavy atom. The first-order valence-corrected chi connectivity index (χ1v) is 8.57. The molecule has 0 aromatic carbocycles. The average molecular weight is 280 g/mol. The predicted octanol–water partition coefficient (Wildman–Crippen LogP) is 4.01. The molecule has 3 atom stereocenters. The van der Waals surface area contributed by atoms with Crippen LogP contribution >= 0.6 is 0 Å². The van der Waals surface area contributed by atoms with Crippen molar-refractivity contribution in [3.8, 4) is 0 Å². The van der Waals surface area contributed by atoms with Crippen LogP contribution in [0, 0.1) is 17.8 Å². The largest absolute Gasteiger partial charge is 0.481 e. The van der Waals surface area contributed by atoms with Crippen molar-refractivity contribution >= 4 is 5.97 Å². The van der Waals surface area contributed by atoms with Crippen molar-refractivity contribution in [2.45, 2.75) is 76.2 Å². The van der Waals surface area contributed by atoms with E-state index in [1.54, 1.807) is 0 Å². The molecular formula is C17H28O3. The number of aliphatic carboxylic acids is 1. The van der Waals surface area contributed by atoms with Gasteiger partial charge in [0.15, 0.2) is 0 Å². The summed E-state index contributed by atoms with van der Waals surface area (Å²) in [7, 11) is 0. The minimum absolute atomic E-state index is 0.0981. The van der Waals surface area contributed by atoms with E-state index in [9.17, 15) is 9.90 Å². The van der Waals surface area contributed by atoms with E-state index in [0.717, 1.165) is 38.7 Å². The summed E-state index contributed by atoms with van der Waals surface area (Å²) in [5, 5.41) is 9.59. The number of carboxylic acid groups (broad SMARTS) is 1. The van der Waals surface area contributed by atoms with Gasteiger partial charge in [-0.15, -0.1) is 0 Å². The lowest BCUT2D eigenvalue weighted by molar-refractivity contribution is -0.148. The number of carboxylic acids is 1. The van der Waals surface area contributed by atoms with E-state index < -0.39 is 5.97 Å². The molecule has 20 heavy (non-hydrogen) atoms. The van der Waals surface area contributed by atoms with Crippen molar-refractivity contribution in [1.29, 1.82) is 0 Å². The molecule has 3 fully saturated rings. The Morgan fingerprint density at radius 3 is 2.50 bits per heavy atom. The summed E-state index contributed by atoms with van der Waals surface area (Å²) in [6.45, 7) is 0.855. The number of hydrogen-bond donors (Lipinski definition) is 1. The fourth-order valence-electron chi connectivity index (χ4n) is 5.01. The molecule has 1 saturated heterocycles. The molecule has 1 heterocycles. The van der Waals surface area contributed by atoms with E-state index in [-0.39, 0.29) is 11.5 Å². The second-order valence-electron chi connectivity index (χ2n) is 7.24. The first kappa shape index (κ1) is 14.4. The highest BCUT2D eigenvalue weighted by Crippen LogP contribution is 2.47. The summed E-state index contributed by atoms with van der Waals surface area (Å²) in [6.07, 6.45) is 12.7. The molecule has 3 rings (SSSR count). The average Bonchev–Trinajstić information content (AvgIpc) is 2.75. The lowest BCUT2D eigenvalue weighted by atomic mass is 9.71. The van der Waals surface area contributed by atoms with Gasteiger partial charge in [-0.05, 0) is 50.4 Å². The molecule has 114 valence electrons. The molecule has 0 bridgehead atoms. The van der Waals surface area contributed by atoms with Crippen LogP contribution in [0.2, 0.25) is 0 Å². The van der Waals surface area contributed by atoms with E-state index in [2.05, 4.69) is 0 Å². The number of carbonyl (C=O) groups is 1. The van der Waals surface area contributed by atoms with Gasteiger partial charge in [-0.3, -0.25) is 4.79 Å². The van der Waals surface area contributed by atoms with Crippen LogP contribution in [0.15, 0.2) is 0 Å². The summed E-state index contributed by atoms with van der Waals surface area (Å²) in [5.74, 6) is 0.334. The van der Waals surface area contributed by atoms with Gasteiger partial charge in [0.25, 0.3) is 0 Å². The maximum Gasteiger partial charge on any atom is 0.306 e. The lowest BCUT2D eigenvalue weighted by Crippen LogP contribution is -2.42. The minimum Gasteiger partial charge on any atom is -0.481 e. The summed E-state index contributed by atoms with van der Waals surface area (Å²) in [4.78, 5) is 11.6. The highest BCUT2D eigenvalue weighted by molar-refractivity contribution is 5.70. The van der Waals surface area contributed by atoms with Crippen molar-refractivity contribution < 1.29 is 14.6 Å². The number of rotatable bonds is 2. The summed E-state index contributed by atoms with van der Waals surface area (Å²) in [6, 6.07) is 0. The lowest BCUT2D eigenvalue weighted by Gasteiger charge is -2.42. The van der Waals surface area contributed by atoms with Crippen molar-refractivity contribution in [1.82, 2.24) is 0 Å². The van der Waals surface area contributed by atoms with Crippen LogP contribution in [0.1, 0.15) is 70.6 Å². The van der Waals surface area contributed by atoms with Gasteiger partial charge in [-0.25, -0.2) is 0 Å². The van der Waals surface area contributed by atoms with Crippen LogP contribution in [0.4, 0.5) is 0 Å². The van der Waals surface area contributed by atoms with Crippen LogP contribution in [-0.4, -0.2) is 23.3 Å². The Hall–Kier alpha value is -0.570. The van der Waals surface area contributed by atoms with Crippen LogP contribution in [-0.2, 0) is 9.53 Å². The SMILES string of the molecule is O=C(O)C1CCCCCC1C1CCOC2(CCCC2)C1. The normalized spacial score (nSPS) is 37.7. The summed E-state index contributed by atoms with van der Waals surface area (Å²) >= 11 is 0. The molecular weight excluding hydrogens is 252 g/mol. The van der Waals surface area contributed by atoms with Crippen molar-refractivity contribution in [3.63, 3.8) is 0 Å². The minimum atomic E-state index is -0.552. The predicted molar refractivity (Wildman–Crippen MR) is 77.6 cm³/mol. The second kappa shape index (κ2) is 6.05. The highest BCUT2D eigenvalue weighted by Gasteiger charge is 2.44. The molecule has 0 aromatic heterocycles. The molecule has 1 spiro atoms. The fraction of sp³-hybridized carbons (Fsp3) is 0.941. The maximum absolute atomic E-state index is 11.6. The summed E-state index contributed by atoms with van der Waals surface area (Å²) in [5.41, 5.74) is 0.123. The van der Waals surface area contributed by atoms with E-state index in [1.807, 2.05) is 0 Å². The Bertz CT molecular complexity index is 346. The topological polar surface area (TPSA) is 46.5 Å². The second-order valence-corrected chi connectivity index (χ2v) is 7.24. The Kier molecular flexibility index (Phi) is 4.34. The first-order valence-electron chi connectivity index (χ1n) is 8.57. The van der Waals surface area contributed by atoms with E-state index >= 15 is 0 Å². The van der Waals surface area contributed by atoms with Gasteiger partial charge in [0.2, 0.25) is 0 Å². The Morgan fingerprint density at radius 2 is 1.75 bits per heavy atom. The first-order chi connectivity index (χ1) is 9.70. The molecule has 3 heteroatoms. The monoisotopic (exact) mass is 280 g/mol. The zero-order valence-corrected chi connectivity index (χ0v) is 12.5. The Labute approximate surface area is 122 Å². The van der Waals surface area contributed by atoms with Gasteiger partial charge in [-0.2, -0.15) is 0 Å². The standard InChI is InChI=1S/C17H28O3/c18-16(19)15-7-3-1-2-6-14(15)13-8-11-20-17(12-13)9-4-5-10-17/h13-15H,1-12H2,(H,18,19). The fourth-order valence-corrected chi connectivity index (χ4v) is 5.01. The quantitative estimate of drug-likeness (QED) is 0.777. The molecule has 0 aromatic rings. The molecule has 3 unspecified atom stereocenters. The molecule has 1 N–H and O–H groups in total. The van der Waals surface area contributed by atoms with Gasteiger partial charge in [0, 0.05) is 6.61 Å². The van der Waals surface area contributed by atoms with Gasteiger partial charge in [0.05, 0.1) is 11.5 Å². The van der Waals surface area contributed by atoms with Gasteiger partial charge in [-0.1, -0.05) is 32.1 Å².